The van der Waals surface area contributed by atoms with Gasteiger partial charge in [-0.1, -0.05) is 41.4 Å². The maximum Gasteiger partial charge on any atom is 0.254 e. The lowest BCUT2D eigenvalue weighted by Crippen LogP contribution is -2.31. The number of hydrogen-bond donors (Lipinski definition) is 0. The van der Waals surface area contributed by atoms with Gasteiger partial charge in [-0.25, -0.2) is 0 Å². The number of likely N-dealkylation sites (tertiary alicyclic amines) is 2. The summed E-state index contributed by atoms with van der Waals surface area (Å²) < 4.78 is 5.91. The quantitative estimate of drug-likeness (QED) is 0.313. The smallest absolute Gasteiger partial charge is 0.254 e. The molecule has 7 heteroatoms. The van der Waals surface area contributed by atoms with E-state index in [0.717, 1.165) is 44.7 Å². The summed E-state index contributed by atoms with van der Waals surface area (Å²) in [6, 6.07) is 17.3. The lowest BCUT2D eigenvalue weighted by Gasteiger charge is -2.32. The lowest BCUT2D eigenvalue weighted by molar-refractivity contribution is 0.0793. The number of rotatable bonds is 7. The molecule has 2 saturated heterocycles. The van der Waals surface area contributed by atoms with E-state index < -0.39 is 0 Å². The van der Waals surface area contributed by atoms with E-state index in [0.29, 0.717) is 34.6 Å². The highest BCUT2D eigenvalue weighted by Crippen LogP contribution is 2.35. The molecule has 0 spiro atoms. The molecule has 0 radical (unpaired) electrons. The number of ether oxygens (including phenoxy) is 1. The number of hydrogen-bond acceptors (Lipinski definition) is 4. The first-order chi connectivity index (χ1) is 17.6. The number of carbonyl (C=O) groups excluding carboxylic acids is 1. The lowest BCUT2D eigenvalue weighted by atomic mass is 9.93. The van der Waals surface area contributed by atoms with E-state index >= 15 is 0 Å². The first kappa shape index (κ1) is 25.2. The molecule has 4 nitrogen and oxygen atoms in total. The Morgan fingerprint density at radius 2 is 1.86 bits per heavy atom. The van der Waals surface area contributed by atoms with Crippen LogP contribution in [0.4, 0.5) is 0 Å². The van der Waals surface area contributed by atoms with Gasteiger partial charge in [0.2, 0.25) is 0 Å². The molecule has 1 aromatic heterocycles. The van der Waals surface area contributed by atoms with Gasteiger partial charge in [0.25, 0.3) is 5.91 Å². The second-order valence-electron chi connectivity index (χ2n) is 9.56. The number of amides is 1. The third kappa shape index (κ3) is 6.08. The van der Waals surface area contributed by atoms with Gasteiger partial charge in [0.15, 0.2) is 0 Å². The molecule has 3 heterocycles. The Morgan fingerprint density at radius 3 is 2.58 bits per heavy atom. The van der Waals surface area contributed by atoms with Crippen molar-refractivity contribution in [1.29, 1.82) is 0 Å². The van der Waals surface area contributed by atoms with Crippen LogP contribution in [0.5, 0.6) is 5.75 Å². The van der Waals surface area contributed by atoms with Crippen molar-refractivity contribution in [2.45, 2.75) is 25.2 Å². The molecule has 0 aliphatic carbocycles. The molecule has 1 amide bonds. The molecule has 2 aliphatic rings. The number of halogens is 2. The zero-order chi connectivity index (χ0) is 24.9. The van der Waals surface area contributed by atoms with Gasteiger partial charge >= 0.3 is 0 Å². The summed E-state index contributed by atoms with van der Waals surface area (Å²) in [6.07, 6.45) is 5.73. The molecule has 0 N–H and O–H groups in total. The van der Waals surface area contributed by atoms with Crippen LogP contribution in [0.15, 0.2) is 77.1 Å². The van der Waals surface area contributed by atoms with E-state index in [2.05, 4.69) is 27.9 Å². The van der Waals surface area contributed by atoms with E-state index in [1.54, 1.807) is 29.5 Å². The second kappa shape index (κ2) is 11.7. The van der Waals surface area contributed by atoms with Crippen molar-refractivity contribution in [3.63, 3.8) is 0 Å². The number of carbonyl (C=O) groups is 1. The fraction of sp³-hybridized carbons (Fsp3) is 0.345. The predicted octanol–water partition coefficient (Wildman–Crippen LogP) is 7.36. The zero-order valence-corrected chi connectivity index (χ0v) is 22.4. The van der Waals surface area contributed by atoms with Crippen molar-refractivity contribution < 1.29 is 9.53 Å². The van der Waals surface area contributed by atoms with Gasteiger partial charge in [0.05, 0.1) is 16.7 Å². The summed E-state index contributed by atoms with van der Waals surface area (Å²) in [7, 11) is 0. The molecule has 1 unspecified atom stereocenters. The fourth-order valence-electron chi connectivity index (χ4n) is 5.09. The standard InChI is InChI=1S/C29H30Cl2N2O2S/c30-27-7-6-22(16-28(27)31)29(34)33-18-24(26(19-33)23-11-15-36-20-23)17-32-12-8-21(9-13-32)10-14-35-25-4-2-1-3-5-25/h1-7,11,15-17,20-21,26H,8-10,12-14,18-19H2/b24-17+. The van der Waals surface area contributed by atoms with Crippen molar-refractivity contribution in [2.75, 3.05) is 32.8 Å². The van der Waals surface area contributed by atoms with Gasteiger partial charge in [-0.3, -0.25) is 4.79 Å². The van der Waals surface area contributed by atoms with E-state index in [4.69, 9.17) is 27.9 Å². The van der Waals surface area contributed by atoms with Crippen molar-refractivity contribution in [2.24, 2.45) is 5.92 Å². The highest BCUT2D eigenvalue weighted by molar-refractivity contribution is 7.08. The number of para-hydroxylation sites is 1. The van der Waals surface area contributed by atoms with Gasteiger partial charge in [0, 0.05) is 43.9 Å². The molecule has 1 atom stereocenters. The molecule has 5 rings (SSSR count). The van der Waals surface area contributed by atoms with Crippen LogP contribution >= 0.6 is 34.5 Å². The van der Waals surface area contributed by atoms with Crippen LogP contribution in [-0.2, 0) is 0 Å². The first-order valence-electron chi connectivity index (χ1n) is 12.5. The van der Waals surface area contributed by atoms with Crippen LogP contribution in [0.2, 0.25) is 10.0 Å². The number of benzene rings is 2. The van der Waals surface area contributed by atoms with Crippen molar-refractivity contribution in [1.82, 2.24) is 9.80 Å². The van der Waals surface area contributed by atoms with Crippen molar-refractivity contribution in [3.05, 3.63) is 98.3 Å². The maximum atomic E-state index is 13.3. The molecular formula is C29H30Cl2N2O2S. The molecule has 36 heavy (non-hydrogen) atoms. The van der Waals surface area contributed by atoms with E-state index in [1.807, 2.05) is 35.2 Å². The summed E-state index contributed by atoms with van der Waals surface area (Å²) in [4.78, 5) is 17.7. The van der Waals surface area contributed by atoms with E-state index in [-0.39, 0.29) is 11.8 Å². The number of nitrogens with zero attached hydrogens (tertiary/aromatic N) is 2. The molecule has 2 aromatic carbocycles. The van der Waals surface area contributed by atoms with Gasteiger partial charge < -0.3 is 14.5 Å². The van der Waals surface area contributed by atoms with E-state index in [9.17, 15) is 4.79 Å². The molecular weight excluding hydrogens is 511 g/mol. The fourth-order valence-corrected chi connectivity index (χ4v) is 6.10. The number of piperidine rings is 1. The van der Waals surface area contributed by atoms with E-state index in [1.165, 1.54) is 11.1 Å². The maximum absolute atomic E-state index is 13.3. The van der Waals surface area contributed by atoms with Gasteiger partial charge in [-0.15, -0.1) is 0 Å². The third-order valence-corrected chi connectivity index (χ3v) is 8.60. The molecule has 188 valence electrons. The average Bonchev–Trinajstić information content (AvgIpc) is 3.57. The summed E-state index contributed by atoms with van der Waals surface area (Å²) in [5.41, 5.74) is 3.16. The second-order valence-corrected chi connectivity index (χ2v) is 11.2. The molecule has 2 fully saturated rings. The first-order valence-corrected chi connectivity index (χ1v) is 14.2. The highest BCUT2D eigenvalue weighted by Gasteiger charge is 2.33. The molecule has 0 bridgehead atoms. The summed E-state index contributed by atoms with van der Waals surface area (Å²) in [5.74, 6) is 1.85. The van der Waals surface area contributed by atoms with Crippen LogP contribution in [0, 0.1) is 5.92 Å². The van der Waals surface area contributed by atoms with Crippen molar-refractivity contribution in [3.8, 4) is 5.75 Å². The minimum absolute atomic E-state index is 0.00526. The van der Waals surface area contributed by atoms with Crippen LogP contribution in [0.3, 0.4) is 0 Å². The average molecular weight is 542 g/mol. The minimum atomic E-state index is -0.00526. The normalized spacial score (nSPS) is 19.7. The summed E-state index contributed by atoms with van der Waals surface area (Å²) in [5, 5.41) is 5.18. The van der Waals surface area contributed by atoms with Crippen molar-refractivity contribution >= 4 is 40.4 Å². The largest absolute Gasteiger partial charge is 0.494 e. The summed E-state index contributed by atoms with van der Waals surface area (Å²) in [6.45, 7) is 4.15. The Hall–Kier alpha value is -2.47. The Bertz CT molecular complexity index is 1190. The highest BCUT2D eigenvalue weighted by atomic mass is 35.5. The Labute approximate surface area is 227 Å². The van der Waals surface area contributed by atoms with Gasteiger partial charge in [-0.2, -0.15) is 11.3 Å². The molecule has 3 aromatic rings. The van der Waals surface area contributed by atoms with Gasteiger partial charge in [-0.05, 0) is 83.5 Å². The predicted molar refractivity (Wildman–Crippen MR) is 148 cm³/mol. The Balaban J connectivity index is 1.21. The SMILES string of the molecule is O=C(c1ccc(Cl)c(Cl)c1)N1C/C(=C\N2CCC(CCOc3ccccc3)CC2)C(c2ccsc2)C1. The third-order valence-electron chi connectivity index (χ3n) is 7.16. The minimum Gasteiger partial charge on any atom is -0.494 e. The Morgan fingerprint density at radius 1 is 1.06 bits per heavy atom. The van der Waals surface area contributed by atoms with Crippen LogP contribution < -0.4 is 4.74 Å². The Kier molecular flexibility index (Phi) is 8.20. The molecule has 0 saturated carbocycles. The van der Waals surface area contributed by atoms with Crippen LogP contribution in [0.25, 0.3) is 0 Å². The van der Waals surface area contributed by atoms with Gasteiger partial charge in [0.1, 0.15) is 5.75 Å². The monoisotopic (exact) mass is 540 g/mol. The number of thiophene rings is 1. The van der Waals surface area contributed by atoms with Crippen LogP contribution in [0.1, 0.15) is 41.1 Å². The zero-order valence-electron chi connectivity index (χ0n) is 20.1. The summed E-state index contributed by atoms with van der Waals surface area (Å²) >= 11 is 13.9. The topological polar surface area (TPSA) is 32.8 Å². The van der Waals surface area contributed by atoms with Crippen LogP contribution in [-0.4, -0.2) is 48.5 Å². The molecule has 2 aliphatic heterocycles.